The predicted molar refractivity (Wildman–Crippen MR) is 115 cm³/mol. The van der Waals surface area contributed by atoms with Crippen molar-refractivity contribution in [2.24, 2.45) is 0 Å². The molecular weight excluding hydrogens is 362 g/mol. The zero-order valence-corrected chi connectivity index (χ0v) is 15.9. The minimum atomic E-state index is 0.0686. The summed E-state index contributed by atoms with van der Waals surface area (Å²) in [7, 11) is 0. The fourth-order valence-corrected chi connectivity index (χ4v) is 4.32. The van der Waals surface area contributed by atoms with Gasteiger partial charge in [-0.15, -0.1) is 0 Å². The lowest BCUT2D eigenvalue weighted by molar-refractivity contribution is 0.0211. The van der Waals surface area contributed by atoms with Crippen molar-refractivity contribution in [3.05, 3.63) is 82.9 Å². The summed E-state index contributed by atoms with van der Waals surface area (Å²) in [6.45, 7) is 1.38. The number of rotatable bonds is 4. The largest absolute Gasteiger partial charge is 0.377 e. The first-order valence-corrected chi connectivity index (χ1v) is 10.1. The monoisotopic (exact) mass is 383 g/mol. The van der Waals surface area contributed by atoms with E-state index in [4.69, 9.17) is 9.72 Å². The van der Waals surface area contributed by atoms with E-state index in [0.717, 1.165) is 39.5 Å². The van der Waals surface area contributed by atoms with E-state index in [1.54, 1.807) is 0 Å². The fourth-order valence-electron chi connectivity index (χ4n) is 4.32. The van der Waals surface area contributed by atoms with Crippen LogP contribution in [0.3, 0.4) is 0 Å². The maximum Gasteiger partial charge on any atom is 0.260 e. The third-order valence-electron chi connectivity index (χ3n) is 6.07. The molecule has 2 aliphatic rings. The molecule has 144 valence electrons. The number of pyridine rings is 2. The number of aromatic nitrogens is 2. The van der Waals surface area contributed by atoms with Crippen molar-refractivity contribution < 1.29 is 4.74 Å². The highest BCUT2D eigenvalue weighted by molar-refractivity contribution is 5.93. The lowest BCUT2D eigenvalue weighted by atomic mass is 10.1. The maximum absolute atomic E-state index is 13.4. The van der Waals surface area contributed by atoms with Crippen LogP contribution in [0.15, 0.2) is 71.7 Å². The summed E-state index contributed by atoms with van der Waals surface area (Å²) in [5.41, 5.74) is 3.05. The molecule has 2 atom stereocenters. The molecule has 3 heterocycles. The van der Waals surface area contributed by atoms with Gasteiger partial charge >= 0.3 is 0 Å². The normalized spacial score (nSPS) is 21.2. The van der Waals surface area contributed by atoms with E-state index >= 15 is 0 Å². The molecule has 29 heavy (non-hydrogen) atoms. The van der Waals surface area contributed by atoms with Crippen molar-refractivity contribution in [2.45, 2.75) is 24.4 Å². The van der Waals surface area contributed by atoms with Crippen LogP contribution in [0, 0.1) is 0 Å². The molecule has 0 radical (unpaired) electrons. The first kappa shape index (κ1) is 16.7. The first-order valence-electron chi connectivity index (χ1n) is 10.1. The summed E-state index contributed by atoms with van der Waals surface area (Å²) in [5, 5.41) is 6.34. The SMILES string of the molecule is O=c1c2c(NC3COC3)cccc2ccn1C1CC1c1ccc2ccccc2n1. The molecule has 4 aromatic rings. The highest BCUT2D eigenvalue weighted by Gasteiger charge is 2.41. The van der Waals surface area contributed by atoms with E-state index in [2.05, 4.69) is 23.5 Å². The molecule has 0 spiro atoms. The Labute approximate surface area is 168 Å². The maximum atomic E-state index is 13.4. The number of fused-ring (bicyclic) bond motifs is 2. The van der Waals surface area contributed by atoms with Crippen LogP contribution in [0.2, 0.25) is 0 Å². The lowest BCUT2D eigenvalue weighted by Gasteiger charge is -2.28. The van der Waals surface area contributed by atoms with Gasteiger partial charge in [0.1, 0.15) is 0 Å². The van der Waals surface area contributed by atoms with Crippen molar-refractivity contribution in [3.8, 4) is 0 Å². The van der Waals surface area contributed by atoms with Crippen LogP contribution in [0.5, 0.6) is 0 Å². The van der Waals surface area contributed by atoms with Gasteiger partial charge in [0.05, 0.1) is 30.2 Å². The third-order valence-corrected chi connectivity index (χ3v) is 6.07. The van der Waals surface area contributed by atoms with Gasteiger partial charge in [0.25, 0.3) is 5.56 Å². The standard InChI is InChI=1S/C24H21N3O2/c28-24-23-16(5-3-7-21(23)25-17-13-29-14-17)10-11-27(24)22-12-18(22)20-9-8-15-4-1-2-6-19(15)26-20/h1-11,17-18,22,25H,12-14H2. The molecule has 1 saturated heterocycles. The summed E-state index contributed by atoms with van der Waals surface area (Å²) in [6, 6.07) is 20.9. The van der Waals surface area contributed by atoms with Crippen molar-refractivity contribution in [1.82, 2.24) is 9.55 Å². The number of hydrogen-bond acceptors (Lipinski definition) is 4. The molecule has 5 nitrogen and oxygen atoms in total. The topological polar surface area (TPSA) is 56.1 Å². The van der Waals surface area contributed by atoms with Gasteiger partial charge in [-0.1, -0.05) is 36.4 Å². The Bertz CT molecular complexity index is 1290. The summed E-state index contributed by atoms with van der Waals surface area (Å²) in [6.07, 6.45) is 2.88. The minimum Gasteiger partial charge on any atom is -0.377 e. The first-order chi connectivity index (χ1) is 14.3. The quantitative estimate of drug-likeness (QED) is 0.577. The van der Waals surface area contributed by atoms with Gasteiger partial charge in [0.15, 0.2) is 0 Å². The molecule has 1 N–H and O–H groups in total. The number of anilines is 1. The molecule has 2 unspecified atom stereocenters. The van der Waals surface area contributed by atoms with Crippen LogP contribution in [-0.4, -0.2) is 28.8 Å². The Morgan fingerprint density at radius 1 is 0.966 bits per heavy atom. The Morgan fingerprint density at radius 3 is 2.69 bits per heavy atom. The molecule has 2 aromatic heterocycles. The van der Waals surface area contributed by atoms with E-state index in [0.29, 0.717) is 13.2 Å². The van der Waals surface area contributed by atoms with Gasteiger partial charge in [0.2, 0.25) is 0 Å². The summed E-state index contributed by atoms with van der Waals surface area (Å²) in [4.78, 5) is 18.2. The summed E-state index contributed by atoms with van der Waals surface area (Å²) >= 11 is 0. The van der Waals surface area contributed by atoms with Crippen molar-refractivity contribution in [3.63, 3.8) is 0 Å². The second kappa shape index (κ2) is 6.42. The second-order valence-electron chi connectivity index (χ2n) is 8.02. The summed E-state index contributed by atoms with van der Waals surface area (Å²) in [5.74, 6) is 0.287. The lowest BCUT2D eigenvalue weighted by Crippen LogP contribution is -2.40. The smallest absolute Gasteiger partial charge is 0.260 e. The molecule has 2 fully saturated rings. The highest BCUT2D eigenvalue weighted by atomic mass is 16.5. The van der Waals surface area contributed by atoms with E-state index in [9.17, 15) is 4.79 Å². The number of nitrogens with one attached hydrogen (secondary N) is 1. The molecule has 1 aliphatic heterocycles. The highest BCUT2D eigenvalue weighted by Crippen LogP contribution is 2.50. The van der Waals surface area contributed by atoms with Crippen LogP contribution in [0.4, 0.5) is 5.69 Å². The molecule has 2 aromatic carbocycles. The molecule has 6 rings (SSSR count). The fraction of sp³-hybridized carbons (Fsp3) is 0.250. The van der Waals surface area contributed by atoms with Crippen LogP contribution < -0.4 is 10.9 Å². The van der Waals surface area contributed by atoms with Gasteiger partial charge in [-0.2, -0.15) is 0 Å². The van der Waals surface area contributed by atoms with E-state index < -0.39 is 0 Å². The van der Waals surface area contributed by atoms with E-state index in [1.165, 1.54) is 0 Å². The third kappa shape index (κ3) is 2.81. The average Bonchev–Trinajstić information content (AvgIpc) is 3.51. The molecule has 0 bridgehead atoms. The second-order valence-corrected chi connectivity index (χ2v) is 8.02. The van der Waals surface area contributed by atoms with Crippen molar-refractivity contribution in [1.29, 1.82) is 0 Å². The average molecular weight is 383 g/mol. The Morgan fingerprint density at radius 2 is 1.83 bits per heavy atom. The molecular formula is C24H21N3O2. The van der Waals surface area contributed by atoms with Crippen molar-refractivity contribution >= 4 is 27.4 Å². The number of ether oxygens (including phenoxy) is 1. The van der Waals surface area contributed by atoms with Gasteiger partial charge in [-0.3, -0.25) is 9.78 Å². The van der Waals surface area contributed by atoms with Crippen LogP contribution in [-0.2, 0) is 4.74 Å². The van der Waals surface area contributed by atoms with E-state index in [1.807, 2.05) is 53.2 Å². The summed E-state index contributed by atoms with van der Waals surface area (Å²) < 4.78 is 7.16. The molecule has 1 aliphatic carbocycles. The number of hydrogen-bond donors (Lipinski definition) is 1. The Hall–Kier alpha value is -3.18. The Balaban J connectivity index is 1.36. The van der Waals surface area contributed by atoms with Gasteiger partial charge in [-0.05, 0) is 36.1 Å². The Kier molecular flexibility index (Phi) is 3.71. The zero-order valence-electron chi connectivity index (χ0n) is 15.9. The van der Waals surface area contributed by atoms with Crippen LogP contribution in [0.25, 0.3) is 21.7 Å². The molecule has 1 saturated carbocycles. The van der Waals surface area contributed by atoms with Crippen LogP contribution >= 0.6 is 0 Å². The predicted octanol–water partition coefficient (Wildman–Crippen LogP) is 4.09. The number of para-hydroxylation sites is 1. The molecule has 0 amide bonds. The van der Waals surface area contributed by atoms with Gasteiger partial charge < -0.3 is 14.6 Å². The van der Waals surface area contributed by atoms with E-state index in [-0.39, 0.29) is 23.6 Å². The number of benzene rings is 2. The number of nitrogens with zero attached hydrogens (tertiary/aromatic N) is 2. The van der Waals surface area contributed by atoms with Gasteiger partial charge in [-0.25, -0.2) is 0 Å². The van der Waals surface area contributed by atoms with Crippen molar-refractivity contribution in [2.75, 3.05) is 18.5 Å². The van der Waals surface area contributed by atoms with Gasteiger partial charge in [0, 0.05) is 34.9 Å². The zero-order chi connectivity index (χ0) is 19.4. The minimum absolute atomic E-state index is 0.0686. The molecule has 5 heteroatoms. The van der Waals surface area contributed by atoms with Crippen LogP contribution in [0.1, 0.15) is 24.1 Å².